The Kier molecular flexibility index (Phi) is 5.14. The second kappa shape index (κ2) is 6.85. The zero-order valence-corrected chi connectivity index (χ0v) is 12.4. The highest BCUT2D eigenvalue weighted by molar-refractivity contribution is 5.39. The third kappa shape index (κ3) is 4.16. The Morgan fingerprint density at radius 2 is 2.05 bits per heavy atom. The summed E-state index contributed by atoms with van der Waals surface area (Å²) >= 11 is 0. The second-order valence-electron chi connectivity index (χ2n) is 5.57. The fraction of sp³-hybridized carbons (Fsp3) is 0.733. The van der Waals surface area contributed by atoms with Gasteiger partial charge in [-0.15, -0.1) is 0 Å². The minimum atomic E-state index is 0.934. The molecule has 0 amide bonds. The minimum absolute atomic E-state index is 0.934. The fourth-order valence-electron chi connectivity index (χ4n) is 2.66. The van der Waals surface area contributed by atoms with Crippen LogP contribution in [-0.4, -0.2) is 41.0 Å². The Balaban J connectivity index is 1.73. The van der Waals surface area contributed by atoms with Crippen molar-refractivity contribution >= 4 is 5.82 Å². The highest BCUT2D eigenvalue weighted by Crippen LogP contribution is 2.19. The van der Waals surface area contributed by atoms with E-state index >= 15 is 0 Å². The molecule has 0 aliphatic carbocycles. The molecule has 0 spiro atoms. The van der Waals surface area contributed by atoms with Crippen molar-refractivity contribution < 1.29 is 0 Å². The molecule has 0 aromatic carbocycles. The van der Waals surface area contributed by atoms with Crippen LogP contribution in [0.25, 0.3) is 0 Å². The molecule has 1 aliphatic rings. The monoisotopic (exact) mass is 262 g/mol. The summed E-state index contributed by atoms with van der Waals surface area (Å²) in [5, 5.41) is 3.41. The summed E-state index contributed by atoms with van der Waals surface area (Å²) in [5.41, 5.74) is 1.95. The summed E-state index contributed by atoms with van der Waals surface area (Å²) in [7, 11) is 0. The van der Waals surface area contributed by atoms with Crippen molar-refractivity contribution in [3.05, 3.63) is 17.6 Å². The van der Waals surface area contributed by atoms with Crippen LogP contribution in [0.3, 0.4) is 0 Å². The number of aromatic nitrogens is 2. The maximum absolute atomic E-state index is 4.49. The van der Waals surface area contributed by atoms with Crippen molar-refractivity contribution in [3.63, 3.8) is 0 Å². The van der Waals surface area contributed by atoms with E-state index in [1.807, 2.05) is 20.0 Å². The van der Waals surface area contributed by atoms with Crippen molar-refractivity contribution in [1.29, 1.82) is 0 Å². The molecule has 106 valence electrons. The Bertz CT molecular complexity index is 397. The van der Waals surface area contributed by atoms with E-state index < -0.39 is 0 Å². The van der Waals surface area contributed by atoms with Gasteiger partial charge < -0.3 is 10.2 Å². The Labute approximate surface area is 116 Å². The zero-order valence-electron chi connectivity index (χ0n) is 12.4. The number of nitrogens with zero attached hydrogens (tertiary/aromatic N) is 3. The van der Waals surface area contributed by atoms with Crippen molar-refractivity contribution in [2.75, 3.05) is 31.5 Å². The lowest BCUT2D eigenvalue weighted by atomic mass is 9.94. The minimum Gasteiger partial charge on any atom is -0.367 e. The first-order chi connectivity index (χ1) is 9.19. The number of rotatable bonds is 5. The van der Waals surface area contributed by atoms with E-state index in [1.54, 1.807) is 0 Å². The number of hydrogen-bond acceptors (Lipinski definition) is 4. The van der Waals surface area contributed by atoms with Crippen molar-refractivity contribution in [2.24, 2.45) is 5.92 Å². The van der Waals surface area contributed by atoms with E-state index in [1.165, 1.54) is 32.4 Å². The molecule has 1 saturated heterocycles. The van der Waals surface area contributed by atoms with Gasteiger partial charge >= 0.3 is 0 Å². The van der Waals surface area contributed by atoms with Crippen LogP contribution < -0.4 is 5.32 Å². The van der Waals surface area contributed by atoms with Crippen LogP contribution in [0.1, 0.15) is 37.6 Å². The Morgan fingerprint density at radius 1 is 1.32 bits per heavy atom. The third-order valence-electron chi connectivity index (χ3n) is 4.08. The average Bonchev–Trinajstić information content (AvgIpc) is 2.43. The third-order valence-corrected chi connectivity index (χ3v) is 4.08. The molecule has 19 heavy (non-hydrogen) atoms. The number of likely N-dealkylation sites (tertiary alicyclic amines) is 1. The normalized spacial score (nSPS) is 17.6. The smallest absolute Gasteiger partial charge is 0.147 e. The van der Waals surface area contributed by atoms with E-state index in [4.69, 9.17) is 0 Å². The van der Waals surface area contributed by atoms with Gasteiger partial charge in [0.2, 0.25) is 0 Å². The molecular weight excluding hydrogens is 236 g/mol. The lowest BCUT2D eigenvalue weighted by molar-refractivity contribution is 0.187. The summed E-state index contributed by atoms with van der Waals surface area (Å²) in [4.78, 5) is 11.4. The lowest BCUT2D eigenvalue weighted by Crippen LogP contribution is -2.36. The van der Waals surface area contributed by atoms with Crippen molar-refractivity contribution in [1.82, 2.24) is 14.9 Å². The Hall–Kier alpha value is -1.16. The molecule has 1 N–H and O–H groups in total. The zero-order chi connectivity index (χ0) is 13.7. The first kappa shape index (κ1) is 14.3. The van der Waals surface area contributed by atoms with Gasteiger partial charge in [0.25, 0.3) is 0 Å². The van der Waals surface area contributed by atoms with Gasteiger partial charge in [-0.05, 0) is 45.7 Å². The summed E-state index contributed by atoms with van der Waals surface area (Å²) < 4.78 is 0. The van der Waals surface area contributed by atoms with Gasteiger partial charge in [0, 0.05) is 19.3 Å². The molecule has 1 fully saturated rings. The second-order valence-corrected chi connectivity index (χ2v) is 5.57. The van der Waals surface area contributed by atoms with Crippen molar-refractivity contribution in [2.45, 2.75) is 40.0 Å². The molecule has 0 saturated carbocycles. The SMILES string of the molecule is CCC1CCN(CCNc2nc(C)cnc2C)CC1. The topological polar surface area (TPSA) is 41.0 Å². The first-order valence-corrected chi connectivity index (χ1v) is 7.45. The van der Waals surface area contributed by atoms with E-state index in [0.717, 1.165) is 36.2 Å². The number of nitrogens with one attached hydrogen (secondary N) is 1. The van der Waals surface area contributed by atoms with Crippen molar-refractivity contribution in [3.8, 4) is 0 Å². The highest BCUT2D eigenvalue weighted by atomic mass is 15.1. The molecule has 0 unspecified atom stereocenters. The maximum atomic E-state index is 4.49. The van der Waals surface area contributed by atoms with Gasteiger partial charge in [0.1, 0.15) is 5.82 Å². The quantitative estimate of drug-likeness (QED) is 0.885. The van der Waals surface area contributed by atoms with Gasteiger partial charge in [-0.25, -0.2) is 4.98 Å². The number of hydrogen-bond donors (Lipinski definition) is 1. The molecule has 0 radical (unpaired) electrons. The molecule has 4 nitrogen and oxygen atoms in total. The van der Waals surface area contributed by atoms with E-state index in [9.17, 15) is 0 Å². The highest BCUT2D eigenvalue weighted by Gasteiger charge is 2.17. The number of piperidine rings is 1. The molecular formula is C15H26N4. The molecule has 2 heterocycles. The fourth-order valence-corrected chi connectivity index (χ4v) is 2.66. The van der Waals surface area contributed by atoms with Gasteiger partial charge in [-0.2, -0.15) is 0 Å². The standard InChI is InChI=1S/C15H26N4/c1-4-14-5-8-19(9-6-14)10-7-16-15-13(3)17-11-12(2)18-15/h11,14H,4-10H2,1-3H3,(H,16,18). The van der Waals surface area contributed by atoms with E-state index in [-0.39, 0.29) is 0 Å². The molecule has 1 aromatic rings. The summed E-state index contributed by atoms with van der Waals surface area (Å²) in [6.07, 6.45) is 5.87. The molecule has 0 atom stereocenters. The molecule has 0 bridgehead atoms. The number of aryl methyl sites for hydroxylation is 2. The van der Waals surface area contributed by atoms with Crippen LogP contribution in [0.4, 0.5) is 5.82 Å². The van der Waals surface area contributed by atoms with Crippen LogP contribution >= 0.6 is 0 Å². The predicted octanol–water partition coefficient (Wildman–Crippen LogP) is 2.63. The summed E-state index contributed by atoms with van der Waals surface area (Å²) in [6.45, 7) is 10.8. The molecule has 2 rings (SSSR count). The largest absolute Gasteiger partial charge is 0.367 e. The number of anilines is 1. The summed E-state index contributed by atoms with van der Waals surface area (Å²) in [6, 6.07) is 0. The van der Waals surface area contributed by atoms with E-state index in [2.05, 4.69) is 27.1 Å². The van der Waals surface area contributed by atoms with Crippen LogP contribution in [0.2, 0.25) is 0 Å². The predicted molar refractivity (Wildman–Crippen MR) is 79.5 cm³/mol. The average molecular weight is 262 g/mol. The van der Waals surface area contributed by atoms with Crippen LogP contribution in [-0.2, 0) is 0 Å². The van der Waals surface area contributed by atoms with Gasteiger partial charge in [0.05, 0.1) is 11.4 Å². The summed E-state index contributed by atoms with van der Waals surface area (Å²) in [5.74, 6) is 1.89. The van der Waals surface area contributed by atoms with Crippen LogP contribution in [0.5, 0.6) is 0 Å². The Morgan fingerprint density at radius 3 is 2.74 bits per heavy atom. The molecule has 1 aromatic heterocycles. The van der Waals surface area contributed by atoms with Crippen LogP contribution in [0, 0.1) is 19.8 Å². The van der Waals surface area contributed by atoms with Crippen LogP contribution in [0.15, 0.2) is 6.20 Å². The first-order valence-electron chi connectivity index (χ1n) is 7.45. The lowest BCUT2D eigenvalue weighted by Gasteiger charge is -2.31. The maximum Gasteiger partial charge on any atom is 0.147 e. The van der Waals surface area contributed by atoms with Gasteiger partial charge in [-0.1, -0.05) is 13.3 Å². The van der Waals surface area contributed by atoms with E-state index in [0.29, 0.717) is 0 Å². The molecule has 4 heteroatoms. The van der Waals surface area contributed by atoms with Gasteiger partial charge in [-0.3, -0.25) is 4.98 Å². The molecule has 1 aliphatic heterocycles. The van der Waals surface area contributed by atoms with Gasteiger partial charge in [0.15, 0.2) is 0 Å².